The Balaban J connectivity index is 2.34. The van der Waals surface area contributed by atoms with E-state index >= 15 is 0 Å². The molecule has 3 heteroatoms. The molecule has 0 saturated heterocycles. The minimum atomic E-state index is 0.190. The summed E-state index contributed by atoms with van der Waals surface area (Å²) in [5.74, 6) is 0.190. The van der Waals surface area contributed by atoms with Gasteiger partial charge in [0.1, 0.15) is 0 Å². The highest BCUT2D eigenvalue weighted by Gasteiger charge is 2.31. The molecule has 0 aliphatic carbocycles. The van der Waals surface area contributed by atoms with Gasteiger partial charge in [-0.2, -0.15) is 0 Å². The zero-order chi connectivity index (χ0) is 15.6. The van der Waals surface area contributed by atoms with Crippen molar-refractivity contribution in [2.75, 3.05) is 18.5 Å². The molecule has 1 amide bonds. The van der Waals surface area contributed by atoms with E-state index in [9.17, 15) is 4.79 Å². The number of nitrogens with zero attached hydrogens (tertiary/aromatic N) is 1. The van der Waals surface area contributed by atoms with E-state index in [1.165, 1.54) is 5.56 Å². The summed E-state index contributed by atoms with van der Waals surface area (Å²) in [6.07, 6.45) is 2.78. The maximum Gasteiger partial charge on any atom is 0.231 e. The van der Waals surface area contributed by atoms with Gasteiger partial charge in [0.15, 0.2) is 0 Å². The normalized spacial score (nSPS) is 16.2. The lowest BCUT2D eigenvalue weighted by molar-refractivity contribution is -0.117. The number of hydrogen-bond donors (Lipinski definition) is 1. The molecule has 3 nitrogen and oxygen atoms in total. The molecular weight excluding hydrogens is 260 g/mol. The maximum atomic E-state index is 11.8. The predicted octanol–water partition coefficient (Wildman–Crippen LogP) is 3.68. The fourth-order valence-electron chi connectivity index (χ4n) is 3.01. The van der Waals surface area contributed by atoms with Gasteiger partial charge in [-0.05, 0) is 42.0 Å². The van der Waals surface area contributed by atoms with Crippen LogP contribution in [0, 0.1) is 5.41 Å². The van der Waals surface area contributed by atoms with Crippen LogP contribution in [-0.4, -0.2) is 19.5 Å². The third-order valence-corrected chi connectivity index (χ3v) is 4.81. The zero-order valence-electron chi connectivity index (χ0n) is 14.0. The third kappa shape index (κ3) is 3.13. The molecule has 2 rings (SSSR count). The van der Waals surface area contributed by atoms with Crippen molar-refractivity contribution >= 4 is 11.6 Å². The average Bonchev–Trinajstić information content (AvgIpc) is 2.74. The van der Waals surface area contributed by atoms with Crippen molar-refractivity contribution < 1.29 is 4.79 Å². The van der Waals surface area contributed by atoms with E-state index < -0.39 is 0 Å². The van der Waals surface area contributed by atoms with Gasteiger partial charge in [0.25, 0.3) is 0 Å². The molecule has 0 radical (unpaired) electrons. The van der Waals surface area contributed by atoms with Gasteiger partial charge in [-0.1, -0.05) is 39.8 Å². The zero-order valence-corrected chi connectivity index (χ0v) is 14.0. The van der Waals surface area contributed by atoms with Crippen LogP contribution in [0.1, 0.15) is 57.7 Å². The smallest absolute Gasteiger partial charge is 0.231 e. The summed E-state index contributed by atoms with van der Waals surface area (Å²) in [6.45, 7) is 10.1. The van der Waals surface area contributed by atoms with E-state index in [0.29, 0.717) is 12.5 Å². The summed E-state index contributed by atoms with van der Waals surface area (Å²) in [7, 11) is 1.86. The van der Waals surface area contributed by atoms with Crippen LogP contribution in [-0.2, 0) is 11.2 Å². The number of benzene rings is 1. The second-order valence-electron chi connectivity index (χ2n) is 6.75. The molecule has 1 atom stereocenters. The minimum absolute atomic E-state index is 0.190. The van der Waals surface area contributed by atoms with Crippen molar-refractivity contribution in [3.63, 3.8) is 0 Å². The van der Waals surface area contributed by atoms with Crippen LogP contribution in [0.5, 0.6) is 0 Å². The van der Waals surface area contributed by atoms with E-state index in [1.54, 1.807) is 4.90 Å². The molecule has 1 aromatic carbocycles. The molecule has 1 heterocycles. The Hall–Kier alpha value is -1.35. The second kappa shape index (κ2) is 6.18. The van der Waals surface area contributed by atoms with E-state index in [1.807, 2.05) is 7.05 Å². The predicted molar refractivity (Wildman–Crippen MR) is 88.7 cm³/mol. The van der Waals surface area contributed by atoms with Crippen molar-refractivity contribution in [1.82, 2.24) is 5.32 Å². The van der Waals surface area contributed by atoms with E-state index in [-0.39, 0.29) is 11.3 Å². The van der Waals surface area contributed by atoms with Gasteiger partial charge in [0, 0.05) is 18.8 Å². The molecular formula is C18H28N2O. The van der Waals surface area contributed by atoms with Crippen molar-refractivity contribution in [3.8, 4) is 0 Å². The largest absolute Gasteiger partial charge is 0.315 e. The summed E-state index contributed by atoms with van der Waals surface area (Å²) in [5, 5.41) is 3.69. The first-order valence-corrected chi connectivity index (χ1v) is 8.03. The SMILES string of the molecule is CCCNC(c1ccc2c(c1)CC(=O)N2C)C(C)(C)CC. The molecule has 1 unspecified atom stereocenters. The lowest BCUT2D eigenvalue weighted by atomic mass is 9.78. The minimum Gasteiger partial charge on any atom is -0.315 e. The third-order valence-electron chi connectivity index (χ3n) is 4.81. The van der Waals surface area contributed by atoms with Crippen molar-refractivity contribution in [2.24, 2.45) is 5.41 Å². The molecule has 0 aromatic heterocycles. The lowest BCUT2D eigenvalue weighted by Gasteiger charge is -2.35. The Morgan fingerprint density at radius 1 is 1.33 bits per heavy atom. The summed E-state index contributed by atoms with van der Waals surface area (Å²) in [4.78, 5) is 13.6. The van der Waals surface area contributed by atoms with Gasteiger partial charge in [-0.25, -0.2) is 0 Å². The monoisotopic (exact) mass is 288 g/mol. The van der Waals surface area contributed by atoms with Crippen LogP contribution in [0.2, 0.25) is 0 Å². The van der Waals surface area contributed by atoms with Gasteiger partial charge in [-0.15, -0.1) is 0 Å². The van der Waals surface area contributed by atoms with Crippen LogP contribution in [0.25, 0.3) is 0 Å². The topological polar surface area (TPSA) is 32.3 Å². The van der Waals surface area contributed by atoms with E-state index in [0.717, 1.165) is 30.6 Å². The molecule has 0 spiro atoms. The number of nitrogens with one attached hydrogen (secondary N) is 1. The number of hydrogen-bond acceptors (Lipinski definition) is 2. The highest BCUT2D eigenvalue weighted by molar-refractivity contribution is 6.00. The van der Waals surface area contributed by atoms with Crippen LogP contribution >= 0.6 is 0 Å². The summed E-state index contributed by atoms with van der Waals surface area (Å²) in [6, 6.07) is 6.83. The van der Waals surface area contributed by atoms with Crippen LogP contribution in [0.15, 0.2) is 18.2 Å². The second-order valence-corrected chi connectivity index (χ2v) is 6.75. The van der Waals surface area contributed by atoms with Crippen LogP contribution in [0.4, 0.5) is 5.69 Å². The summed E-state index contributed by atoms with van der Waals surface area (Å²) in [5.41, 5.74) is 3.72. The maximum absolute atomic E-state index is 11.8. The molecule has 1 N–H and O–H groups in total. The Labute approximate surface area is 128 Å². The van der Waals surface area contributed by atoms with Crippen molar-refractivity contribution in [3.05, 3.63) is 29.3 Å². The average molecular weight is 288 g/mol. The number of carbonyl (C=O) groups is 1. The van der Waals surface area contributed by atoms with Crippen molar-refractivity contribution in [1.29, 1.82) is 0 Å². The first-order chi connectivity index (χ1) is 9.90. The van der Waals surface area contributed by atoms with Crippen LogP contribution < -0.4 is 10.2 Å². The number of rotatable bonds is 6. The molecule has 0 saturated carbocycles. The van der Waals surface area contributed by atoms with Crippen LogP contribution in [0.3, 0.4) is 0 Å². The highest BCUT2D eigenvalue weighted by atomic mass is 16.2. The van der Waals surface area contributed by atoms with Gasteiger partial charge in [-0.3, -0.25) is 4.79 Å². The first-order valence-electron chi connectivity index (χ1n) is 8.03. The van der Waals surface area contributed by atoms with Gasteiger partial charge >= 0.3 is 0 Å². The fraction of sp³-hybridized carbons (Fsp3) is 0.611. The summed E-state index contributed by atoms with van der Waals surface area (Å²) < 4.78 is 0. The molecule has 116 valence electrons. The molecule has 21 heavy (non-hydrogen) atoms. The lowest BCUT2D eigenvalue weighted by Crippen LogP contribution is -2.34. The first kappa shape index (κ1) is 16.0. The molecule has 0 fully saturated rings. The number of likely N-dealkylation sites (N-methyl/N-ethyl adjacent to an activating group) is 1. The van der Waals surface area contributed by atoms with Gasteiger partial charge in [0.05, 0.1) is 6.42 Å². The number of fused-ring (bicyclic) bond motifs is 1. The molecule has 1 aliphatic rings. The standard InChI is InChI=1S/C18H28N2O/c1-6-10-19-17(18(3,4)7-2)13-8-9-15-14(11-13)12-16(21)20(15)5/h8-9,11,17,19H,6-7,10,12H2,1-5H3. The Kier molecular flexibility index (Phi) is 4.72. The number of carbonyl (C=O) groups excluding carboxylic acids is 1. The fourth-order valence-corrected chi connectivity index (χ4v) is 3.01. The Morgan fingerprint density at radius 2 is 2.05 bits per heavy atom. The summed E-state index contributed by atoms with van der Waals surface area (Å²) >= 11 is 0. The molecule has 1 aliphatic heterocycles. The quantitative estimate of drug-likeness (QED) is 0.866. The van der Waals surface area contributed by atoms with Crippen molar-refractivity contribution in [2.45, 2.75) is 53.0 Å². The van der Waals surface area contributed by atoms with Gasteiger partial charge in [0.2, 0.25) is 5.91 Å². The molecule has 1 aromatic rings. The Bertz CT molecular complexity index is 522. The molecule has 0 bridgehead atoms. The highest BCUT2D eigenvalue weighted by Crippen LogP contribution is 2.38. The number of anilines is 1. The Morgan fingerprint density at radius 3 is 2.67 bits per heavy atom. The van der Waals surface area contributed by atoms with Gasteiger partial charge < -0.3 is 10.2 Å². The number of amides is 1. The van der Waals surface area contributed by atoms with E-state index in [2.05, 4.69) is 51.2 Å². The van der Waals surface area contributed by atoms with E-state index in [4.69, 9.17) is 0 Å².